The number of rotatable bonds is 4. The second-order valence-electron chi connectivity index (χ2n) is 9.79. The molecule has 0 saturated heterocycles. The topological polar surface area (TPSA) is 51.5 Å². The highest BCUT2D eigenvalue weighted by Crippen LogP contribution is 2.61. The summed E-state index contributed by atoms with van der Waals surface area (Å²) in [5.41, 5.74) is 2.56. The monoisotopic (exact) mass is 389 g/mol. The average molecular weight is 389 g/mol. The minimum atomic E-state index is 0.112. The number of para-hydroxylation sites is 1. The molecule has 1 heterocycles. The van der Waals surface area contributed by atoms with Gasteiger partial charge < -0.3 is 14.5 Å². The SMILES string of the molecule is COc1cc2c(cc1NC(=O)CC13CC4CC(CC(C4)C1)C3)oc1ccccc12. The molecule has 0 unspecified atom stereocenters. The number of methoxy groups -OCH3 is 1. The Morgan fingerprint density at radius 1 is 1.03 bits per heavy atom. The van der Waals surface area contributed by atoms with Gasteiger partial charge in [0.25, 0.3) is 0 Å². The molecule has 4 fully saturated rings. The largest absolute Gasteiger partial charge is 0.495 e. The molecule has 3 aromatic rings. The van der Waals surface area contributed by atoms with Gasteiger partial charge in [-0.2, -0.15) is 0 Å². The molecular weight excluding hydrogens is 362 g/mol. The Hall–Kier alpha value is -2.49. The first kappa shape index (κ1) is 17.4. The number of carbonyl (C=O) groups is 1. The Kier molecular flexibility index (Phi) is 3.75. The number of hydrogen-bond acceptors (Lipinski definition) is 3. The number of hydrogen-bond donors (Lipinski definition) is 1. The molecule has 29 heavy (non-hydrogen) atoms. The van der Waals surface area contributed by atoms with Gasteiger partial charge in [-0.05, 0) is 73.8 Å². The van der Waals surface area contributed by atoms with Crippen LogP contribution in [0.15, 0.2) is 40.8 Å². The van der Waals surface area contributed by atoms with E-state index in [-0.39, 0.29) is 11.3 Å². The summed E-state index contributed by atoms with van der Waals surface area (Å²) in [5.74, 6) is 3.37. The maximum atomic E-state index is 13.1. The number of amides is 1. The van der Waals surface area contributed by atoms with Crippen molar-refractivity contribution in [3.05, 3.63) is 36.4 Å². The van der Waals surface area contributed by atoms with E-state index in [0.717, 1.165) is 39.7 Å². The van der Waals surface area contributed by atoms with E-state index >= 15 is 0 Å². The number of nitrogens with one attached hydrogen (secondary N) is 1. The van der Waals surface area contributed by atoms with Crippen LogP contribution in [0.3, 0.4) is 0 Å². The van der Waals surface area contributed by atoms with Crippen molar-refractivity contribution in [1.29, 1.82) is 0 Å². The Morgan fingerprint density at radius 2 is 1.72 bits per heavy atom. The van der Waals surface area contributed by atoms with Crippen LogP contribution in [-0.4, -0.2) is 13.0 Å². The third-order valence-corrected chi connectivity index (χ3v) is 7.67. The molecule has 0 radical (unpaired) electrons. The van der Waals surface area contributed by atoms with Crippen molar-refractivity contribution in [3.8, 4) is 5.75 Å². The van der Waals surface area contributed by atoms with Gasteiger partial charge >= 0.3 is 0 Å². The summed E-state index contributed by atoms with van der Waals surface area (Å²) in [4.78, 5) is 13.1. The number of benzene rings is 2. The highest BCUT2D eigenvalue weighted by molar-refractivity contribution is 6.07. The third kappa shape index (κ3) is 2.84. The van der Waals surface area contributed by atoms with Gasteiger partial charge in [-0.25, -0.2) is 0 Å². The van der Waals surface area contributed by atoms with Crippen molar-refractivity contribution in [3.63, 3.8) is 0 Å². The summed E-state index contributed by atoms with van der Waals surface area (Å²) in [5, 5.41) is 5.22. The Balaban J connectivity index is 1.28. The van der Waals surface area contributed by atoms with Crippen LogP contribution >= 0.6 is 0 Å². The lowest BCUT2D eigenvalue weighted by molar-refractivity contribution is -0.124. The smallest absolute Gasteiger partial charge is 0.225 e. The van der Waals surface area contributed by atoms with Gasteiger partial charge in [0.2, 0.25) is 5.91 Å². The van der Waals surface area contributed by atoms with Crippen LogP contribution in [0.5, 0.6) is 5.75 Å². The van der Waals surface area contributed by atoms with Crippen molar-refractivity contribution < 1.29 is 13.9 Å². The molecule has 1 aromatic heterocycles. The molecule has 4 heteroatoms. The van der Waals surface area contributed by atoms with E-state index in [1.165, 1.54) is 38.5 Å². The van der Waals surface area contributed by atoms with Gasteiger partial charge in [0.15, 0.2) is 0 Å². The van der Waals surface area contributed by atoms with Crippen molar-refractivity contribution in [1.82, 2.24) is 0 Å². The lowest BCUT2D eigenvalue weighted by Gasteiger charge is -2.56. The molecule has 0 spiro atoms. The number of ether oxygens (including phenoxy) is 1. The number of anilines is 1. The van der Waals surface area contributed by atoms with E-state index in [0.29, 0.717) is 17.9 Å². The average Bonchev–Trinajstić information content (AvgIpc) is 3.03. The van der Waals surface area contributed by atoms with Crippen LogP contribution in [0.2, 0.25) is 0 Å². The molecule has 2 aromatic carbocycles. The summed E-state index contributed by atoms with van der Waals surface area (Å²) in [6, 6.07) is 11.9. The minimum Gasteiger partial charge on any atom is -0.495 e. The molecule has 4 aliphatic rings. The first-order chi connectivity index (χ1) is 14.1. The van der Waals surface area contributed by atoms with E-state index in [4.69, 9.17) is 9.15 Å². The molecule has 1 amide bonds. The van der Waals surface area contributed by atoms with E-state index in [1.54, 1.807) is 7.11 Å². The van der Waals surface area contributed by atoms with Crippen molar-refractivity contribution in [2.75, 3.05) is 12.4 Å². The van der Waals surface area contributed by atoms with Crippen molar-refractivity contribution in [2.24, 2.45) is 23.2 Å². The number of furan rings is 1. The molecule has 150 valence electrons. The normalized spacial score (nSPS) is 30.2. The van der Waals surface area contributed by atoms with Gasteiger partial charge in [-0.3, -0.25) is 4.79 Å². The van der Waals surface area contributed by atoms with Gasteiger partial charge in [0, 0.05) is 23.3 Å². The fourth-order valence-corrected chi connectivity index (χ4v) is 7.06. The van der Waals surface area contributed by atoms with E-state index in [1.807, 2.05) is 36.4 Å². The van der Waals surface area contributed by atoms with E-state index in [2.05, 4.69) is 5.32 Å². The van der Waals surface area contributed by atoms with Crippen LogP contribution in [0.4, 0.5) is 5.69 Å². The molecule has 0 atom stereocenters. The van der Waals surface area contributed by atoms with Gasteiger partial charge in [0.05, 0.1) is 12.8 Å². The van der Waals surface area contributed by atoms with Crippen molar-refractivity contribution >= 4 is 33.5 Å². The molecule has 0 aliphatic heterocycles. The summed E-state index contributed by atoms with van der Waals surface area (Å²) in [6.07, 6.45) is 8.56. The predicted octanol–water partition coefficient (Wildman–Crippen LogP) is 6.14. The standard InChI is InChI=1S/C25H27NO3/c1-28-23-9-19-18-4-2-3-5-21(18)29-22(19)10-20(23)26-24(27)14-25-11-15-6-16(12-25)8-17(7-15)13-25/h2-5,9-10,15-17H,6-8,11-14H2,1H3,(H,26,27). The lowest BCUT2D eigenvalue weighted by atomic mass is 9.49. The highest BCUT2D eigenvalue weighted by atomic mass is 16.5. The maximum Gasteiger partial charge on any atom is 0.225 e. The maximum absolute atomic E-state index is 13.1. The molecular formula is C25H27NO3. The molecule has 4 bridgehead atoms. The summed E-state index contributed by atoms with van der Waals surface area (Å²) in [6.45, 7) is 0. The molecule has 4 aliphatic carbocycles. The molecule has 4 saturated carbocycles. The second-order valence-corrected chi connectivity index (χ2v) is 9.79. The fourth-order valence-electron chi connectivity index (χ4n) is 7.06. The van der Waals surface area contributed by atoms with Gasteiger partial charge in [-0.1, -0.05) is 18.2 Å². The lowest BCUT2D eigenvalue weighted by Crippen LogP contribution is -2.47. The zero-order chi connectivity index (χ0) is 19.6. The number of fused-ring (bicyclic) bond motifs is 3. The van der Waals surface area contributed by atoms with Crippen LogP contribution in [0.25, 0.3) is 21.9 Å². The summed E-state index contributed by atoms with van der Waals surface area (Å²) >= 11 is 0. The quantitative estimate of drug-likeness (QED) is 0.583. The molecule has 4 nitrogen and oxygen atoms in total. The Labute approximate surface area is 170 Å². The van der Waals surface area contributed by atoms with Crippen LogP contribution in [0.1, 0.15) is 44.9 Å². The Morgan fingerprint density at radius 3 is 2.41 bits per heavy atom. The van der Waals surface area contributed by atoms with E-state index < -0.39 is 0 Å². The number of carbonyl (C=O) groups excluding carboxylic acids is 1. The van der Waals surface area contributed by atoms with Crippen LogP contribution in [0, 0.1) is 23.2 Å². The van der Waals surface area contributed by atoms with Crippen LogP contribution < -0.4 is 10.1 Å². The molecule has 7 rings (SSSR count). The van der Waals surface area contributed by atoms with Gasteiger partial charge in [-0.15, -0.1) is 0 Å². The fraction of sp³-hybridized carbons (Fsp3) is 0.480. The first-order valence-corrected chi connectivity index (χ1v) is 10.9. The molecule has 1 N–H and O–H groups in total. The zero-order valence-corrected chi connectivity index (χ0v) is 16.9. The summed E-state index contributed by atoms with van der Waals surface area (Å²) in [7, 11) is 1.65. The first-order valence-electron chi connectivity index (χ1n) is 10.9. The Bertz CT molecular complexity index is 1080. The summed E-state index contributed by atoms with van der Waals surface area (Å²) < 4.78 is 11.6. The second kappa shape index (κ2) is 6.25. The zero-order valence-electron chi connectivity index (χ0n) is 16.9. The van der Waals surface area contributed by atoms with Crippen LogP contribution in [-0.2, 0) is 4.79 Å². The van der Waals surface area contributed by atoms with Crippen molar-refractivity contribution in [2.45, 2.75) is 44.9 Å². The third-order valence-electron chi connectivity index (χ3n) is 7.67. The van der Waals surface area contributed by atoms with E-state index in [9.17, 15) is 4.79 Å². The highest BCUT2D eigenvalue weighted by Gasteiger charge is 2.51. The van der Waals surface area contributed by atoms with Gasteiger partial charge in [0.1, 0.15) is 16.9 Å². The minimum absolute atomic E-state index is 0.112. The predicted molar refractivity (Wildman–Crippen MR) is 114 cm³/mol.